The first-order chi connectivity index (χ1) is 7.72. The number of benzene rings is 1. The number of fused-ring (bicyclic) bond motifs is 1. The largest absolute Gasteiger partial charge is 0.491 e. The monoisotopic (exact) mass is 221 g/mol. The maximum absolute atomic E-state index is 6.02. The van der Waals surface area contributed by atoms with Gasteiger partial charge >= 0.3 is 0 Å². The van der Waals surface area contributed by atoms with Crippen LogP contribution in [0.1, 0.15) is 30.5 Å². The van der Waals surface area contributed by atoms with Crippen LogP contribution in [0, 0.1) is 0 Å². The second-order valence-electron chi connectivity index (χ2n) is 4.33. The molecule has 0 aromatic heterocycles. The molecule has 0 amide bonds. The molecule has 2 unspecified atom stereocenters. The topological polar surface area (TPSA) is 44.5 Å². The lowest BCUT2D eigenvalue weighted by Gasteiger charge is -2.14. The van der Waals surface area contributed by atoms with Crippen LogP contribution < -0.4 is 10.5 Å². The Labute approximate surface area is 96.5 Å². The van der Waals surface area contributed by atoms with E-state index in [-0.39, 0.29) is 12.1 Å². The lowest BCUT2D eigenvalue weighted by Crippen LogP contribution is -2.16. The molecule has 16 heavy (non-hydrogen) atoms. The van der Waals surface area contributed by atoms with Crippen LogP contribution in [-0.2, 0) is 11.2 Å². The molecule has 1 aliphatic rings. The highest BCUT2D eigenvalue weighted by Crippen LogP contribution is 2.35. The van der Waals surface area contributed by atoms with Gasteiger partial charge in [0.25, 0.3) is 0 Å². The van der Waals surface area contributed by atoms with Gasteiger partial charge in [-0.25, -0.2) is 0 Å². The fourth-order valence-corrected chi connectivity index (χ4v) is 2.06. The summed E-state index contributed by atoms with van der Waals surface area (Å²) in [4.78, 5) is 0. The number of hydrogen-bond donors (Lipinski definition) is 1. The van der Waals surface area contributed by atoms with Gasteiger partial charge in [0, 0.05) is 13.2 Å². The Hall–Kier alpha value is -1.06. The van der Waals surface area contributed by atoms with Gasteiger partial charge in [-0.3, -0.25) is 0 Å². The van der Waals surface area contributed by atoms with Gasteiger partial charge in [0.15, 0.2) is 0 Å². The summed E-state index contributed by atoms with van der Waals surface area (Å²) >= 11 is 0. The number of nitrogens with two attached hydrogens (primary N) is 1. The van der Waals surface area contributed by atoms with Crippen LogP contribution in [0.15, 0.2) is 18.2 Å². The van der Waals surface area contributed by atoms with Crippen molar-refractivity contribution in [3.05, 3.63) is 29.3 Å². The third kappa shape index (κ3) is 2.20. The Balaban J connectivity index is 2.11. The lowest BCUT2D eigenvalue weighted by atomic mass is 10.1. The average molecular weight is 221 g/mol. The summed E-state index contributed by atoms with van der Waals surface area (Å²) < 4.78 is 10.9. The summed E-state index contributed by atoms with van der Waals surface area (Å²) in [6, 6.07) is 6.30. The Kier molecular flexibility index (Phi) is 3.46. The maximum atomic E-state index is 6.02. The standard InChI is InChI=1S/C13H19NO2/c1-9(15-2)8-16-13-5-3-4-10-11(13)6-7-12(10)14/h3-5,9,12H,6-8,14H2,1-2H3. The van der Waals surface area contributed by atoms with E-state index in [1.54, 1.807) is 7.11 Å². The Morgan fingerprint density at radius 3 is 3.06 bits per heavy atom. The SMILES string of the molecule is COC(C)COc1cccc2c1CCC2N. The number of hydrogen-bond acceptors (Lipinski definition) is 3. The van der Waals surface area contributed by atoms with Crippen LogP contribution in [0.4, 0.5) is 0 Å². The smallest absolute Gasteiger partial charge is 0.122 e. The first kappa shape index (κ1) is 11.4. The van der Waals surface area contributed by atoms with E-state index >= 15 is 0 Å². The molecule has 2 N–H and O–H groups in total. The summed E-state index contributed by atoms with van der Waals surface area (Å²) in [6.45, 7) is 2.58. The second-order valence-corrected chi connectivity index (χ2v) is 4.33. The van der Waals surface area contributed by atoms with Crippen molar-refractivity contribution in [1.29, 1.82) is 0 Å². The van der Waals surface area contributed by atoms with Crippen molar-refractivity contribution in [2.45, 2.75) is 31.9 Å². The minimum atomic E-state index is 0.117. The molecule has 0 aliphatic heterocycles. The molecular formula is C13H19NO2. The van der Waals surface area contributed by atoms with Crippen LogP contribution in [0.25, 0.3) is 0 Å². The van der Waals surface area contributed by atoms with E-state index in [1.165, 1.54) is 11.1 Å². The quantitative estimate of drug-likeness (QED) is 0.846. The molecule has 0 heterocycles. The van der Waals surface area contributed by atoms with Gasteiger partial charge in [-0.15, -0.1) is 0 Å². The summed E-state index contributed by atoms with van der Waals surface area (Å²) in [7, 11) is 1.69. The number of rotatable bonds is 4. The number of ether oxygens (including phenoxy) is 2. The van der Waals surface area contributed by atoms with Crippen molar-refractivity contribution in [2.75, 3.05) is 13.7 Å². The third-order valence-electron chi connectivity index (χ3n) is 3.15. The van der Waals surface area contributed by atoms with Crippen molar-refractivity contribution in [3.8, 4) is 5.75 Å². The molecule has 3 nitrogen and oxygen atoms in total. The van der Waals surface area contributed by atoms with E-state index < -0.39 is 0 Å². The molecule has 0 radical (unpaired) electrons. The van der Waals surface area contributed by atoms with Gasteiger partial charge in [0.2, 0.25) is 0 Å². The molecule has 0 saturated heterocycles. The zero-order valence-electron chi connectivity index (χ0n) is 9.90. The van der Waals surface area contributed by atoms with Crippen molar-refractivity contribution in [3.63, 3.8) is 0 Å². The summed E-state index contributed by atoms with van der Waals surface area (Å²) in [5.41, 5.74) is 8.53. The maximum Gasteiger partial charge on any atom is 0.122 e. The van der Waals surface area contributed by atoms with Gasteiger partial charge in [0.1, 0.15) is 12.4 Å². The van der Waals surface area contributed by atoms with E-state index in [2.05, 4.69) is 6.07 Å². The highest BCUT2D eigenvalue weighted by molar-refractivity contribution is 5.44. The summed E-state index contributed by atoms with van der Waals surface area (Å²) in [5.74, 6) is 0.967. The Morgan fingerprint density at radius 2 is 2.31 bits per heavy atom. The van der Waals surface area contributed by atoms with Crippen molar-refractivity contribution in [1.82, 2.24) is 0 Å². The van der Waals surface area contributed by atoms with E-state index in [0.29, 0.717) is 6.61 Å². The highest BCUT2D eigenvalue weighted by atomic mass is 16.5. The first-order valence-electron chi connectivity index (χ1n) is 5.75. The molecule has 88 valence electrons. The van der Waals surface area contributed by atoms with Gasteiger partial charge in [-0.2, -0.15) is 0 Å². The molecule has 0 fully saturated rings. The van der Waals surface area contributed by atoms with Crippen LogP contribution in [-0.4, -0.2) is 19.8 Å². The second kappa shape index (κ2) is 4.85. The van der Waals surface area contributed by atoms with Gasteiger partial charge in [-0.1, -0.05) is 12.1 Å². The van der Waals surface area contributed by atoms with Crippen LogP contribution in [0.3, 0.4) is 0 Å². The average Bonchev–Trinajstić information content (AvgIpc) is 2.69. The zero-order chi connectivity index (χ0) is 11.5. The molecule has 1 aromatic carbocycles. The predicted molar refractivity (Wildman–Crippen MR) is 63.7 cm³/mol. The van der Waals surface area contributed by atoms with Gasteiger partial charge < -0.3 is 15.2 Å². The molecule has 3 heteroatoms. The molecule has 2 rings (SSSR count). The fourth-order valence-electron chi connectivity index (χ4n) is 2.06. The van der Waals surface area contributed by atoms with E-state index in [9.17, 15) is 0 Å². The molecule has 0 saturated carbocycles. The summed E-state index contributed by atoms with van der Waals surface area (Å²) in [6.07, 6.45) is 2.16. The van der Waals surface area contributed by atoms with Crippen molar-refractivity contribution >= 4 is 0 Å². The Bertz CT molecular complexity index is 365. The molecule has 0 bridgehead atoms. The highest BCUT2D eigenvalue weighted by Gasteiger charge is 2.22. The van der Waals surface area contributed by atoms with Crippen LogP contribution >= 0.6 is 0 Å². The van der Waals surface area contributed by atoms with Gasteiger partial charge in [0.05, 0.1) is 6.10 Å². The van der Waals surface area contributed by atoms with Gasteiger partial charge in [-0.05, 0) is 37.0 Å². The van der Waals surface area contributed by atoms with Crippen LogP contribution in [0.2, 0.25) is 0 Å². The zero-order valence-corrected chi connectivity index (χ0v) is 9.90. The normalized spacial score (nSPS) is 20.6. The molecular weight excluding hydrogens is 202 g/mol. The van der Waals surface area contributed by atoms with Crippen LogP contribution in [0.5, 0.6) is 5.75 Å². The lowest BCUT2D eigenvalue weighted by molar-refractivity contribution is 0.0713. The van der Waals surface area contributed by atoms with Crippen molar-refractivity contribution in [2.24, 2.45) is 5.73 Å². The number of methoxy groups -OCH3 is 1. The predicted octanol–water partition coefficient (Wildman–Crippen LogP) is 2.05. The third-order valence-corrected chi connectivity index (χ3v) is 3.15. The molecule has 1 aromatic rings. The first-order valence-corrected chi connectivity index (χ1v) is 5.75. The summed E-state index contributed by atoms with van der Waals surface area (Å²) in [5, 5.41) is 0. The molecule has 0 spiro atoms. The molecule has 1 aliphatic carbocycles. The minimum absolute atomic E-state index is 0.117. The van der Waals surface area contributed by atoms with E-state index in [1.807, 2.05) is 19.1 Å². The van der Waals surface area contributed by atoms with Crippen molar-refractivity contribution < 1.29 is 9.47 Å². The fraction of sp³-hybridized carbons (Fsp3) is 0.538. The molecule has 2 atom stereocenters. The Morgan fingerprint density at radius 1 is 1.50 bits per heavy atom. The van der Waals surface area contributed by atoms with E-state index in [0.717, 1.165) is 18.6 Å². The van der Waals surface area contributed by atoms with E-state index in [4.69, 9.17) is 15.2 Å². The minimum Gasteiger partial charge on any atom is -0.491 e.